The van der Waals surface area contributed by atoms with E-state index in [0.717, 1.165) is 53.5 Å². The third-order valence-electron chi connectivity index (χ3n) is 5.60. The molecule has 0 spiro atoms. The number of hydrogen-bond donors (Lipinski definition) is 3. The number of aromatic amines is 2. The third-order valence-corrected chi connectivity index (χ3v) is 6.56. The van der Waals surface area contributed by atoms with E-state index in [2.05, 4.69) is 55.5 Å². The van der Waals surface area contributed by atoms with Crippen molar-refractivity contribution < 1.29 is 8.42 Å². The lowest BCUT2D eigenvalue weighted by Gasteiger charge is -2.34. The molecule has 5 rings (SSSR count). The van der Waals surface area contributed by atoms with Crippen LogP contribution in [0.1, 0.15) is 0 Å². The second-order valence-electron chi connectivity index (χ2n) is 7.72. The van der Waals surface area contributed by atoms with Gasteiger partial charge < -0.3 is 14.8 Å². The smallest absolute Gasteiger partial charge is 0.254 e. The second kappa shape index (κ2) is 7.40. The van der Waals surface area contributed by atoms with Gasteiger partial charge in [0.25, 0.3) is 10.0 Å². The van der Waals surface area contributed by atoms with Gasteiger partial charge in [-0.25, -0.2) is 13.4 Å². The quantitative estimate of drug-likeness (QED) is 0.443. The van der Waals surface area contributed by atoms with Gasteiger partial charge in [-0.3, -0.25) is 9.82 Å². The molecule has 0 amide bonds. The first-order valence-corrected chi connectivity index (χ1v) is 11.5. The van der Waals surface area contributed by atoms with Crippen molar-refractivity contribution in [3.8, 4) is 11.5 Å². The van der Waals surface area contributed by atoms with Crippen molar-refractivity contribution in [1.29, 1.82) is 0 Å². The lowest BCUT2D eigenvalue weighted by Crippen LogP contribution is -2.44. The number of H-pyrrole nitrogens is 2. The second-order valence-corrected chi connectivity index (χ2v) is 9.35. The Morgan fingerprint density at radius 3 is 2.68 bits per heavy atom. The van der Waals surface area contributed by atoms with Crippen LogP contribution in [0.5, 0.6) is 0 Å². The summed E-state index contributed by atoms with van der Waals surface area (Å²) in [6, 6.07) is 11.4. The minimum absolute atomic E-state index is 0.434. The normalized spacial score (nSPS) is 15.6. The Morgan fingerprint density at radius 2 is 1.90 bits per heavy atom. The van der Waals surface area contributed by atoms with Gasteiger partial charge in [-0.05, 0) is 43.4 Å². The first-order valence-electron chi connectivity index (χ1n) is 9.99. The largest absolute Gasteiger partial charge is 0.369 e. The first-order chi connectivity index (χ1) is 14.9. The van der Waals surface area contributed by atoms with Crippen LogP contribution in [0.2, 0.25) is 0 Å². The van der Waals surface area contributed by atoms with Crippen molar-refractivity contribution >= 4 is 43.3 Å². The maximum atomic E-state index is 11.8. The summed E-state index contributed by atoms with van der Waals surface area (Å²) < 4.78 is 26.1. The maximum Gasteiger partial charge on any atom is 0.254 e. The number of nitrogens with one attached hydrogen (secondary N) is 3. The zero-order valence-electron chi connectivity index (χ0n) is 17.1. The summed E-state index contributed by atoms with van der Waals surface area (Å²) in [5, 5.41) is 9.04. The molecule has 0 saturated carbocycles. The number of likely N-dealkylation sites (N-methyl/N-ethyl adjacent to an activating group) is 1. The molecule has 0 aliphatic carbocycles. The zero-order chi connectivity index (χ0) is 21.6. The number of fused-ring (bicyclic) bond motifs is 2. The van der Waals surface area contributed by atoms with Crippen LogP contribution in [-0.2, 0) is 10.0 Å². The molecule has 31 heavy (non-hydrogen) atoms. The van der Waals surface area contributed by atoms with E-state index in [0.29, 0.717) is 17.2 Å². The number of sulfonamides is 1. The van der Waals surface area contributed by atoms with Gasteiger partial charge in [-0.2, -0.15) is 5.10 Å². The Bertz CT molecular complexity index is 1380. The van der Waals surface area contributed by atoms with E-state index in [1.54, 1.807) is 18.2 Å². The highest BCUT2D eigenvalue weighted by Crippen LogP contribution is 2.30. The van der Waals surface area contributed by atoms with Gasteiger partial charge >= 0.3 is 0 Å². The molecule has 0 unspecified atom stereocenters. The van der Waals surface area contributed by atoms with Gasteiger partial charge in [-0.1, -0.05) is 6.58 Å². The highest BCUT2D eigenvalue weighted by atomic mass is 32.2. The molecule has 4 aromatic rings. The minimum atomic E-state index is -3.59. The minimum Gasteiger partial charge on any atom is -0.369 e. The lowest BCUT2D eigenvalue weighted by molar-refractivity contribution is 0.313. The predicted molar refractivity (Wildman–Crippen MR) is 124 cm³/mol. The van der Waals surface area contributed by atoms with Crippen LogP contribution in [0.4, 0.5) is 11.4 Å². The number of rotatable bonds is 5. The molecular formula is C21H23N7O2S. The highest BCUT2D eigenvalue weighted by molar-refractivity contribution is 7.95. The van der Waals surface area contributed by atoms with Crippen molar-refractivity contribution in [1.82, 2.24) is 25.1 Å². The fraction of sp³-hybridized carbons (Fsp3) is 0.238. The molecule has 0 bridgehead atoms. The van der Waals surface area contributed by atoms with Crippen LogP contribution in [-0.4, -0.2) is 66.7 Å². The third kappa shape index (κ3) is 3.75. The predicted octanol–water partition coefficient (Wildman–Crippen LogP) is 2.74. The molecule has 1 aliphatic rings. The summed E-state index contributed by atoms with van der Waals surface area (Å²) in [5.74, 6) is 0.625. The molecular weight excluding hydrogens is 414 g/mol. The van der Waals surface area contributed by atoms with E-state index in [4.69, 9.17) is 4.98 Å². The van der Waals surface area contributed by atoms with Crippen LogP contribution in [0.3, 0.4) is 0 Å². The number of aromatic nitrogens is 4. The standard InChI is InChI=1S/C21H23N7O2S/c1-3-31(29,30)26-14-4-6-17-16(12-14)20(25-24-17)21-22-18-7-5-15(13-19(18)23-21)28-10-8-27(2)9-11-28/h3-7,12-13,26H,1,8-11H2,2H3,(H,22,23)(H,24,25). The zero-order valence-corrected chi connectivity index (χ0v) is 17.9. The Balaban J connectivity index is 1.50. The molecule has 10 heteroatoms. The Labute approximate surface area is 179 Å². The molecule has 3 N–H and O–H groups in total. The summed E-state index contributed by atoms with van der Waals surface area (Å²) >= 11 is 0. The van der Waals surface area contributed by atoms with Crippen LogP contribution >= 0.6 is 0 Å². The molecule has 160 valence electrons. The number of hydrogen-bond acceptors (Lipinski definition) is 6. The van der Waals surface area contributed by atoms with E-state index in [1.165, 1.54) is 5.69 Å². The van der Waals surface area contributed by atoms with Gasteiger partial charge in [-0.15, -0.1) is 0 Å². The molecule has 0 radical (unpaired) electrons. The monoisotopic (exact) mass is 437 g/mol. The van der Waals surface area contributed by atoms with Crippen molar-refractivity contribution in [2.75, 3.05) is 42.8 Å². The van der Waals surface area contributed by atoms with Crippen molar-refractivity contribution in [2.45, 2.75) is 0 Å². The summed E-state index contributed by atoms with van der Waals surface area (Å²) in [5.41, 5.74) is 4.81. The van der Waals surface area contributed by atoms with E-state index >= 15 is 0 Å². The van der Waals surface area contributed by atoms with E-state index in [-0.39, 0.29) is 0 Å². The van der Waals surface area contributed by atoms with Gasteiger partial charge in [0.15, 0.2) is 5.82 Å². The molecule has 2 aromatic carbocycles. The number of imidazole rings is 1. The topological polar surface area (TPSA) is 110 Å². The fourth-order valence-corrected chi connectivity index (χ4v) is 4.37. The van der Waals surface area contributed by atoms with Gasteiger partial charge in [0.1, 0.15) is 5.69 Å². The van der Waals surface area contributed by atoms with Gasteiger partial charge in [0, 0.05) is 48.3 Å². The fourth-order valence-electron chi connectivity index (χ4n) is 3.84. The van der Waals surface area contributed by atoms with Gasteiger partial charge in [0.05, 0.1) is 16.6 Å². The van der Waals surface area contributed by atoms with Crippen molar-refractivity contribution in [3.63, 3.8) is 0 Å². The van der Waals surface area contributed by atoms with Crippen molar-refractivity contribution in [3.05, 3.63) is 48.4 Å². The highest BCUT2D eigenvalue weighted by Gasteiger charge is 2.17. The Morgan fingerprint density at radius 1 is 1.10 bits per heavy atom. The number of benzene rings is 2. The Kier molecular flexibility index (Phi) is 4.67. The van der Waals surface area contributed by atoms with E-state index < -0.39 is 10.0 Å². The SMILES string of the molecule is C=CS(=O)(=O)Nc1ccc2[nH]nc(-c3nc4ccc(N5CCN(C)CC5)cc4[nH]3)c2c1. The van der Waals surface area contributed by atoms with E-state index in [1.807, 2.05) is 6.07 Å². The summed E-state index contributed by atoms with van der Waals surface area (Å²) in [6.45, 7) is 7.41. The average Bonchev–Trinajstić information content (AvgIpc) is 3.37. The molecule has 1 aliphatic heterocycles. The first kappa shape index (κ1) is 19.6. The molecule has 0 atom stereocenters. The molecule has 9 nitrogen and oxygen atoms in total. The molecule has 1 fully saturated rings. The number of anilines is 2. The molecule has 2 aromatic heterocycles. The average molecular weight is 438 g/mol. The van der Waals surface area contributed by atoms with Crippen molar-refractivity contribution in [2.24, 2.45) is 0 Å². The molecule has 3 heterocycles. The Hall–Kier alpha value is -3.37. The van der Waals surface area contributed by atoms with Crippen LogP contribution in [0.15, 0.2) is 48.4 Å². The summed E-state index contributed by atoms with van der Waals surface area (Å²) in [6.07, 6.45) is 0. The number of nitrogens with zero attached hydrogens (tertiary/aromatic N) is 4. The molecule has 1 saturated heterocycles. The van der Waals surface area contributed by atoms with Crippen LogP contribution in [0.25, 0.3) is 33.5 Å². The summed E-state index contributed by atoms with van der Waals surface area (Å²) in [7, 11) is -1.45. The van der Waals surface area contributed by atoms with Crippen LogP contribution in [0, 0.1) is 0 Å². The van der Waals surface area contributed by atoms with E-state index in [9.17, 15) is 8.42 Å². The van der Waals surface area contributed by atoms with Gasteiger partial charge in [0.2, 0.25) is 0 Å². The lowest BCUT2D eigenvalue weighted by atomic mass is 10.2. The maximum absolute atomic E-state index is 11.8. The summed E-state index contributed by atoms with van der Waals surface area (Å²) in [4.78, 5) is 12.8. The number of piperazine rings is 1. The van der Waals surface area contributed by atoms with Crippen LogP contribution < -0.4 is 9.62 Å².